The molecule has 0 saturated carbocycles. The first-order valence-electron chi connectivity index (χ1n) is 7.99. The van der Waals surface area contributed by atoms with Gasteiger partial charge in [0.05, 0.1) is 0 Å². The first-order valence-corrected chi connectivity index (χ1v) is 7.99. The van der Waals surface area contributed by atoms with Crippen LogP contribution in [0.4, 0.5) is 0 Å². The molecule has 1 aromatic rings. The highest BCUT2D eigenvalue weighted by Crippen LogP contribution is 2.12. The van der Waals surface area contributed by atoms with Crippen molar-refractivity contribution >= 4 is 0 Å². The SMILES string of the molecule is Cc1ccccc1CN1CCN(CCCCCN)CC1. The lowest BCUT2D eigenvalue weighted by atomic mass is 10.1. The lowest BCUT2D eigenvalue weighted by molar-refractivity contribution is 0.125. The number of nitrogens with zero attached hydrogens (tertiary/aromatic N) is 2. The highest BCUT2D eigenvalue weighted by Gasteiger charge is 2.16. The third-order valence-corrected chi connectivity index (χ3v) is 4.30. The second-order valence-corrected chi connectivity index (χ2v) is 5.89. The average molecular weight is 275 g/mol. The van der Waals surface area contributed by atoms with Gasteiger partial charge in [-0.15, -0.1) is 0 Å². The summed E-state index contributed by atoms with van der Waals surface area (Å²) in [4.78, 5) is 5.18. The van der Waals surface area contributed by atoms with Crippen LogP contribution in [0, 0.1) is 6.92 Å². The van der Waals surface area contributed by atoms with Crippen molar-refractivity contribution in [1.29, 1.82) is 0 Å². The molecule has 0 aliphatic carbocycles. The van der Waals surface area contributed by atoms with E-state index in [2.05, 4.69) is 41.0 Å². The molecule has 112 valence electrons. The molecule has 0 amide bonds. The van der Waals surface area contributed by atoms with Gasteiger partial charge in [0.25, 0.3) is 0 Å². The Morgan fingerprint density at radius 2 is 1.65 bits per heavy atom. The molecule has 1 aliphatic heterocycles. The molecular weight excluding hydrogens is 246 g/mol. The smallest absolute Gasteiger partial charge is 0.0237 e. The van der Waals surface area contributed by atoms with Crippen LogP contribution in [0.3, 0.4) is 0 Å². The van der Waals surface area contributed by atoms with Crippen LogP contribution >= 0.6 is 0 Å². The van der Waals surface area contributed by atoms with Crippen molar-refractivity contribution in [2.45, 2.75) is 32.7 Å². The van der Waals surface area contributed by atoms with Gasteiger partial charge < -0.3 is 10.6 Å². The summed E-state index contributed by atoms with van der Waals surface area (Å²) in [6.07, 6.45) is 3.75. The number of rotatable bonds is 7. The van der Waals surface area contributed by atoms with E-state index in [1.54, 1.807) is 0 Å². The molecule has 0 bridgehead atoms. The van der Waals surface area contributed by atoms with E-state index in [0.29, 0.717) is 0 Å². The largest absolute Gasteiger partial charge is 0.330 e. The fraction of sp³-hybridized carbons (Fsp3) is 0.647. The first-order chi connectivity index (χ1) is 9.79. The fourth-order valence-corrected chi connectivity index (χ4v) is 2.86. The van der Waals surface area contributed by atoms with E-state index < -0.39 is 0 Å². The third kappa shape index (κ3) is 4.89. The van der Waals surface area contributed by atoms with Crippen molar-refractivity contribution in [3.8, 4) is 0 Å². The van der Waals surface area contributed by atoms with Crippen molar-refractivity contribution in [2.75, 3.05) is 39.3 Å². The number of unbranched alkanes of at least 4 members (excludes halogenated alkanes) is 2. The fourth-order valence-electron chi connectivity index (χ4n) is 2.86. The Kier molecular flexibility index (Phi) is 6.51. The zero-order chi connectivity index (χ0) is 14.2. The molecule has 0 radical (unpaired) electrons. The van der Waals surface area contributed by atoms with Gasteiger partial charge in [-0.05, 0) is 44.0 Å². The van der Waals surface area contributed by atoms with E-state index in [1.165, 1.54) is 63.1 Å². The molecular formula is C17H29N3. The molecule has 3 nitrogen and oxygen atoms in total. The number of hydrogen-bond donors (Lipinski definition) is 1. The molecule has 1 aromatic carbocycles. The second kappa shape index (κ2) is 8.40. The summed E-state index contributed by atoms with van der Waals surface area (Å²) in [6, 6.07) is 8.74. The van der Waals surface area contributed by atoms with Crippen LogP contribution in [0.2, 0.25) is 0 Å². The molecule has 0 spiro atoms. The molecule has 1 saturated heterocycles. The van der Waals surface area contributed by atoms with Gasteiger partial charge >= 0.3 is 0 Å². The number of nitrogens with two attached hydrogens (primary N) is 1. The molecule has 1 aliphatic rings. The van der Waals surface area contributed by atoms with Crippen molar-refractivity contribution in [3.63, 3.8) is 0 Å². The number of piperazine rings is 1. The molecule has 2 rings (SSSR count). The minimum atomic E-state index is 0.838. The quantitative estimate of drug-likeness (QED) is 0.775. The van der Waals surface area contributed by atoms with Gasteiger partial charge in [-0.3, -0.25) is 4.90 Å². The third-order valence-electron chi connectivity index (χ3n) is 4.30. The predicted molar refractivity (Wildman–Crippen MR) is 85.8 cm³/mol. The zero-order valence-electron chi connectivity index (χ0n) is 12.9. The monoisotopic (exact) mass is 275 g/mol. The lowest BCUT2D eigenvalue weighted by Gasteiger charge is -2.35. The number of benzene rings is 1. The molecule has 0 unspecified atom stereocenters. The topological polar surface area (TPSA) is 32.5 Å². The molecule has 20 heavy (non-hydrogen) atoms. The summed E-state index contributed by atoms with van der Waals surface area (Å²) < 4.78 is 0. The Labute approximate surface area is 123 Å². The van der Waals surface area contributed by atoms with Crippen molar-refractivity contribution in [1.82, 2.24) is 9.80 Å². The van der Waals surface area contributed by atoms with E-state index in [-0.39, 0.29) is 0 Å². The van der Waals surface area contributed by atoms with Gasteiger partial charge in [0.15, 0.2) is 0 Å². The Hall–Kier alpha value is -0.900. The van der Waals surface area contributed by atoms with E-state index in [1.807, 2.05) is 0 Å². The van der Waals surface area contributed by atoms with Gasteiger partial charge in [-0.2, -0.15) is 0 Å². The molecule has 2 N–H and O–H groups in total. The van der Waals surface area contributed by atoms with Crippen molar-refractivity contribution in [3.05, 3.63) is 35.4 Å². The Balaban J connectivity index is 1.68. The van der Waals surface area contributed by atoms with Gasteiger partial charge in [-0.1, -0.05) is 30.7 Å². The van der Waals surface area contributed by atoms with E-state index in [0.717, 1.165) is 13.1 Å². The minimum absolute atomic E-state index is 0.838. The Morgan fingerprint density at radius 3 is 2.35 bits per heavy atom. The molecule has 1 heterocycles. The van der Waals surface area contributed by atoms with Crippen molar-refractivity contribution in [2.24, 2.45) is 5.73 Å². The average Bonchev–Trinajstić information content (AvgIpc) is 2.48. The zero-order valence-corrected chi connectivity index (χ0v) is 12.9. The van der Waals surface area contributed by atoms with Crippen LogP contribution < -0.4 is 5.73 Å². The molecule has 1 fully saturated rings. The van der Waals surface area contributed by atoms with E-state index >= 15 is 0 Å². The normalized spacial score (nSPS) is 17.5. The Bertz CT molecular complexity index is 384. The highest BCUT2D eigenvalue weighted by atomic mass is 15.3. The van der Waals surface area contributed by atoms with Crippen LogP contribution in [0.15, 0.2) is 24.3 Å². The van der Waals surface area contributed by atoms with Gasteiger partial charge in [0.1, 0.15) is 0 Å². The van der Waals surface area contributed by atoms with Crippen LogP contribution in [0.1, 0.15) is 30.4 Å². The summed E-state index contributed by atoms with van der Waals surface area (Å²) in [6.45, 7) is 10.2. The van der Waals surface area contributed by atoms with Crippen LogP contribution in [0.25, 0.3) is 0 Å². The molecule has 0 atom stereocenters. The lowest BCUT2D eigenvalue weighted by Crippen LogP contribution is -2.46. The van der Waals surface area contributed by atoms with Gasteiger partial charge in [-0.25, -0.2) is 0 Å². The van der Waals surface area contributed by atoms with E-state index in [4.69, 9.17) is 5.73 Å². The number of aryl methyl sites for hydroxylation is 1. The van der Waals surface area contributed by atoms with Crippen LogP contribution in [-0.4, -0.2) is 49.1 Å². The summed E-state index contributed by atoms with van der Waals surface area (Å²) in [5, 5.41) is 0. The maximum atomic E-state index is 5.53. The minimum Gasteiger partial charge on any atom is -0.330 e. The Morgan fingerprint density at radius 1 is 0.950 bits per heavy atom. The summed E-state index contributed by atoms with van der Waals surface area (Å²) in [7, 11) is 0. The molecule has 0 aromatic heterocycles. The van der Waals surface area contributed by atoms with E-state index in [9.17, 15) is 0 Å². The first kappa shape index (κ1) is 15.5. The summed E-state index contributed by atoms with van der Waals surface area (Å²) in [5.74, 6) is 0. The van der Waals surface area contributed by atoms with Gasteiger partial charge in [0, 0.05) is 32.7 Å². The predicted octanol–water partition coefficient (Wildman–Crippen LogP) is 2.24. The molecule has 3 heteroatoms. The highest BCUT2D eigenvalue weighted by molar-refractivity contribution is 5.25. The summed E-state index contributed by atoms with van der Waals surface area (Å²) in [5.41, 5.74) is 8.42. The van der Waals surface area contributed by atoms with Crippen molar-refractivity contribution < 1.29 is 0 Å². The maximum absolute atomic E-state index is 5.53. The second-order valence-electron chi connectivity index (χ2n) is 5.89. The number of hydrogen-bond acceptors (Lipinski definition) is 3. The summed E-state index contributed by atoms with van der Waals surface area (Å²) >= 11 is 0. The van der Waals surface area contributed by atoms with Crippen LogP contribution in [0.5, 0.6) is 0 Å². The maximum Gasteiger partial charge on any atom is 0.0237 e. The standard InChI is InChI=1S/C17H29N3/c1-16-7-3-4-8-17(16)15-20-13-11-19(12-14-20)10-6-2-5-9-18/h3-4,7-8H,2,5-6,9-15,18H2,1H3. The van der Waals surface area contributed by atoms with Gasteiger partial charge in [0.2, 0.25) is 0 Å². The van der Waals surface area contributed by atoms with Crippen LogP contribution in [-0.2, 0) is 6.54 Å².